The van der Waals surface area contributed by atoms with Crippen molar-refractivity contribution in [2.75, 3.05) is 6.61 Å². The van der Waals surface area contributed by atoms with Crippen LogP contribution in [-0.2, 0) is 9.59 Å². The van der Waals surface area contributed by atoms with E-state index in [0.717, 1.165) is 0 Å². The summed E-state index contributed by atoms with van der Waals surface area (Å²) in [7, 11) is 0. The molecule has 1 N–H and O–H groups in total. The number of carbonyl (C=O) groups is 3. The molecule has 0 spiro atoms. The minimum Gasteiger partial charge on any atom is -0.480 e. The third kappa shape index (κ3) is 4.71. The Hall–Kier alpha value is -1.59. The fourth-order valence-corrected chi connectivity index (χ4v) is 2.43. The molecule has 0 saturated heterocycles. The van der Waals surface area contributed by atoms with Gasteiger partial charge in [0, 0.05) is 17.9 Å². The molecule has 1 atom stereocenters. The SMILES string of the molecule is CCC(CC(C)=O)C(=O)c1ccc(OCC(=O)O)c(Cl)c1Cl. The molecule has 0 fully saturated rings. The fourth-order valence-electron chi connectivity index (χ4n) is 1.96. The zero-order chi connectivity index (χ0) is 16.9. The highest BCUT2D eigenvalue weighted by molar-refractivity contribution is 6.44. The van der Waals surface area contributed by atoms with Crippen LogP contribution in [0.25, 0.3) is 0 Å². The summed E-state index contributed by atoms with van der Waals surface area (Å²) in [6.07, 6.45) is 0.643. The van der Waals surface area contributed by atoms with Gasteiger partial charge in [-0.15, -0.1) is 0 Å². The van der Waals surface area contributed by atoms with Gasteiger partial charge in [0.15, 0.2) is 12.4 Å². The summed E-state index contributed by atoms with van der Waals surface area (Å²) in [5.74, 6) is -1.87. The summed E-state index contributed by atoms with van der Waals surface area (Å²) in [5.41, 5.74) is 0.197. The molecule has 0 aliphatic heterocycles. The zero-order valence-corrected chi connectivity index (χ0v) is 13.7. The van der Waals surface area contributed by atoms with E-state index >= 15 is 0 Å². The number of halogens is 2. The normalized spacial score (nSPS) is 11.8. The first-order valence-corrected chi connectivity index (χ1v) is 7.39. The van der Waals surface area contributed by atoms with Gasteiger partial charge in [-0.2, -0.15) is 0 Å². The average molecular weight is 347 g/mol. The number of hydrogen-bond donors (Lipinski definition) is 1. The van der Waals surface area contributed by atoms with E-state index in [9.17, 15) is 14.4 Å². The van der Waals surface area contributed by atoms with Crippen LogP contribution in [0.15, 0.2) is 12.1 Å². The summed E-state index contributed by atoms with van der Waals surface area (Å²) in [4.78, 5) is 34.1. The molecule has 0 saturated carbocycles. The number of aliphatic carboxylic acids is 1. The van der Waals surface area contributed by atoms with Gasteiger partial charge < -0.3 is 14.6 Å². The van der Waals surface area contributed by atoms with Crippen molar-refractivity contribution in [3.63, 3.8) is 0 Å². The summed E-state index contributed by atoms with van der Waals surface area (Å²) in [5, 5.41) is 8.55. The predicted octanol–water partition coefficient (Wildman–Crippen LogP) is 3.64. The molecule has 1 rings (SSSR count). The molecule has 1 aromatic rings. The van der Waals surface area contributed by atoms with Crippen LogP contribution in [-0.4, -0.2) is 29.2 Å². The predicted molar refractivity (Wildman–Crippen MR) is 83.0 cm³/mol. The maximum Gasteiger partial charge on any atom is 0.341 e. The molecule has 0 amide bonds. The smallest absolute Gasteiger partial charge is 0.341 e. The van der Waals surface area contributed by atoms with Gasteiger partial charge in [-0.05, 0) is 25.5 Å². The Morgan fingerprint density at radius 2 is 1.86 bits per heavy atom. The van der Waals surface area contributed by atoms with Crippen molar-refractivity contribution in [2.45, 2.75) is 26.7 Å². The van der Waals surface area contributed by atoms with Crippen LogP contribution in [0.4, 0.5) is 0 Å². The second-order valence-electron chi connectivity index (χ2n) is 4.80. The highest BCUT2D eigenvalue weighted by atomic mass is 35.5. The quantitative estimate of drug-likeness (QED) is 0.726. The second-order valence-corrected chi connectivity index (χ2v) is 5.55. The summed E-state index contributed by atoms with van der Waals surface area (Å²) < 4.78 is 4.98. The van der Waals surface area contributed by atoms with Crippen molar-refractivity contribution in [3.05, 3.63) is 27.7 Å². The van der Waals surface area contributed by atoms with E-state index in [0.29, 0.717) is 6.42 Å². The van der Waals surface area contributed by atoms with Crippen LogP contribution in [0.3, 0.4) is 0 Å². The van der Waals surface area contributed by atoms with Crippen molar-refractivity contribution in [2.24, 2.45) is 5.92 Å². The molecule has 0 bridgehead atoms. The van der Waals surface area contributed by atoms with Crippen molar-refractivity contribution in [1.29, 1.82) is 0 Å². The van der Waals surface area contributed by atoms with E-state index in [-0.39, 0.29) is 39.3 Å². The maximum absolute atomic E-state index is 12.4. The van der Waals surface area contributed by atoms with E-state index in [1.165, 1.54) is 19.1 Å². The maximum atomic E-state index is 12.4. The van der Waals surface area contributed by atoms with Crippen molar-refractivity contribution in [3.8, 4) is 5.75 Å². The molecule has 0 aromatic heterocycles. The molecule has 0 heterocycles. The highest BCUT2D eigenvalue weighted by Gasteiger charge is 2.24. The molecule has 5 nitrogen and oxygen atoms in total. The van der Waals surface area contributed by atoms with E-state index in [2.05, 4.69) is 0 Å². The number of Topliss-reactive ketones (excluding diaryl/α,β-unsaturated/α-hetero) is 2. The number of hydrogen-bond acceptors (Lipinski definition) is 4. The van der Waals surface area contributed by atoms with Gasteiger partial charge in [-0.1, -0.05) is 30.1 Å². The van der Waals surface area contributed by atoms with E-state index < -0.39 is 18.5 Å². The number of carboxylic acid groups (broad SMARTS) is 1. The molecule has 0 aliphatic carbocycles. The van der Waals surface area contributed by atoms with Gasteiger partial charge in [0.1, 0.15) is 16.6 Å². The van der Waals surface area contributed by atoms with Gasteiger partial charge in [0.2, 0.25) is 0 Å². The minimum atomic E-state index is -1.15. The third-order valence-corrected chi connectivity index (χ3v) is 3.93. The average Bonchev–Trinajstić information content (AvgIpc) is 2.45. The Morgan fingerprint density at radius 1 is 1.23 bits per heavy atom. The Kier molecular flexibility index (Phi) is 6.84. The first-order chi connectivity index (χ1) is 10.3. The lowest BCUT2D eigenvalue weighted by Crippen LogP contribution is -2.17. The Labute approximate surface area is 138 Å². The molecule has 0 aliphatic rings. The standard InChI is InChI=1S/C15H16Cl2O5/c1-3-9(6-8(2)18)15(21)10-4-5-11(14(17)13(10)16)22-7-12(19)20/h4-5,9H,3,6-7H2,1-2H3,(H,19,20). The van der Waals surface area contributed by atoms with Crippen molar-refractivity contribution in [1.82, 2.24) is 0 Å². The van der Waals surface area contributed by atoms with Crippen LogP contribution < -0.4 is 4.74 Å². The zero-order valence-electron chi connectivity index (χ0n) is 12.2. The lowest BCUT2D eigenvalue weighted by atomic mass is 9.91. The van der Waals surface area contributed by atoms with Gasteiger partial charge in [-0.25, -0.2) is 4.79 Å². The van der Waals surface area contributed by atoms with Crippen molar-refractivity contribution >= 4 is 40.7 Å². The molecular weight excluding hydrogens is 331 g/mol. The van der Waals surface area contributed by atoms with E-state index in [1.807, 2.05) is 6.92 Å². The molecular formula is C15H16Cl2O5. The van der Waals surface area contributed by atoms with Gasteiger partial charge in [0.25, 0.3) is 0 Å². The number of rotatable bonds is 8. The molecule has 0 radical (unpaired) electrons. The summed E-state index contributed by atoms with van der Waals surface area (Å²) in [6.45, 7) is 2.67. The first kappa shape index (κ1) is 18.5. The second kappa shape index (κ2) is 8.15. The monoisotopic (exact) mass is 346 g/mol. The van der Waals surface area contributed by atoms with Crippen molar-refractivity contribution < 1.29 is 24.2 Å². The topological polar surface area (TPSA) is 80.7 Å². The third-order valence-electron chi connectivity index (χ3n) is 3.06. The van der Waals surface area contributed by atoms with E-state index in [4.69, 9.17) is 33.0 Å². The number of carboxylic acids is 1. The lowest BCUT2D eigenvalue weighted by molar-refractivity contribution is -0.139. The Balaban J connectivity index is 3.05. The highest BCUT2D eigenvalue weighted by Crippen LogP contribution is 2.36. The lowest BCUT2D eigenvalue weighted by Gasteiger charge is -2.15. The Bertz CT molecular complexity index is 598. The molecule has 1 unspecified atom stereocenters. The summed E-state index contributed by atoms with van der Waals surface area (Å²) in [6, 6.07) is 2.82. The van der Waals surface area contributed by atoms with Crippen LogP contribution in [0.2, 0.25) is 10.0 Å². The largest absolute Gasteiger partial charge is 0.480 e. The molecule has 120 valence electrons. The van der Waals surface area contributed by atoms with Gasteiger partial charge in [-0.3, -0.25) is 4.79 Å². The van der Waals surface area contributed by atoms with Gasteiger partial charge >= 0.3 is 5.97 Å². The molecule has 7 heteroatoms. The minimum absolute atomic E-state index is 0.00319. The number of ketones is 2. The molecule has 22 heavy (non-hydrogen) atoms. The first-order valence-electron chi connectivity index (χ1n) is 6.64. The Morgan fingerprint density at radius 3 is 2.36 bits per heavy atom. The van der Waals surface area contributed by atoms with Crippen LogP contribution in [0.1, 0.15) is 37.0 Å². The number of carbonyl (C=O) groups excluding carboxylic acids is 2. The molecule has 1 aromatic carbocycles. The van der Waals surface area contributed by atoms with Crippen LogP contribution in [0.5, 0.6) is 5.75 Å². The van der Waals surface area contributed by atoms with Crippen LogP contribution >= 0.6 is 23.2 Å². The van der Waals surface area contributed by atoms with Crippen LogP contribution in [0, 0.1) is 5.92 Å². The fraction of sp³-hybridized carbons (Fsp3) is 0.400. The summed E-state index contributed by atoms with van der Waals surface area (Å²) >= 11 is 12.1. The van der Waals surface area contributed by atoms with Gasteiger partial charge in [0.05, 0.1) is 5.02 Å². The number of ether oxygens (including phenoxy) is 1. The number of benzene rings is 1. The van der Waals surface area contributed by atoms with E-state index in [1.54, 1.807) is 0 Å².